The number of fused-ring (bicyclic) bond motifs is 1. The Morgan fingerprint density at radius 1 is 1.03 bits per heavy atom. The first-order valence-corrected chi connectivity index (χ1v) is 10.3. The van der Waals surface area contributed by atoms with Crippen molar-refractivity contribution in [2.75, 3.05) is 26.2 Å². The number of primary amides is 1. The van der Waals surface area contributed by atoms with E-state index in [-0.39, 0.29) is 5.91 Å². The van der Waals surface area contributed by atoms with Crippen molar-refractivity contribution < 1.29 is 9.59 Å². The number of benzene rings is 2. The number of carbonyl (C=O) groups is 2. The summed E-state index contributed by atoms with van der Waals surface area (Å²) in [6.07, 6.45) is 0. The largest absolute Gasteiger partial charge is 0.366 e. The quantitative estimate of drug-likeness (QED) is 0.699. The van der Waals surface area contributed by atoms with Gasteiger partial charge in [0, 0.05) is 48.7 Å². The highest BCUT2D eigenvalue weighted by Crippen LogP contribution is 2.22. The minimum atomic E-state index is -0.422. The summed E-state index contributed by atoms with van der Waals surface area (Å²) >= 11 is 6.09. The number of halogens is 1. The van der Waals surface area contributed by atoms with Gasteiger partial charge in [0.25, 0.3) is 5.91 Å². The molecule has 2 amide bonds. The minimum Gasteiger partial charge on any atom is -0.366 e. The zero-order valence-electron chi connectivity index (χ0n) is 16.8. The van der Waals surface area contributed by atoms with Crippen LogP contribution in [0.25, 0.3) is 10.9 Å². The second-order valence-corrected chi connectivity index (χ2v) is 8.02. The Kier molecular flexibility index (Phi) is 5.70. The van der Waals surface area contributed by atoms with Gasteiger partial charge in [-0.05, 0) is 48.9 Å². The van der Waals surface area contributed by atoms with Gasteiger partial charge in [0.2, 0.25) is 5.91 Å². The summed E-state index contributed by atoms with van der Waals surface area (Å²) in [6.45, 7) is 5.53. The minimum absolute atomic E-state index is 0.00679. The van der Waals surface area contributed by atoms with Crippen molar-refractivity contribution in [1.82, 2.24) is 14.8 Å². The third-order valence-corrected chi connectivity index (χ3v) is 5.74. The van der Waals surface area contributed by atoms with Crippen molar-refractivity contribution in [2.45, 2.75) is 13.5 Å². The number of pyridine rings is 1. The fourth-order valence-electron chi connectivity index (χ4n) is 3.77. The third-order valence-electron chi connectivity index (χ3n) is 5.50. The van der Waals surface area contributed by atoms with Gasteiger partial charge in [-0.1, -0.05) is 23.7 Å². The van der Waals surface area contributed by atoms with Crippen LogP contribution in [-0.4, -0.2) is 52.8 Å². The first-order valence-electron chi connectivity index (χ1n) is 9.88. The summed E-state index contributed by atoms with van der Waals surface area (Å²) in [5, 5.41) is 1.50. The number of carbonyl (C=O) groups excluding carboxylic acids is 2. The molecule has 2 heterocycles. The van der Waals surface area contributed by atoms with Crippen LogP contribution in [0.3, 0.4) is 0 Å². The summed E-state index contributed by atoms with van der Waals surface area (Å²) < 4.78 is 0. The molecule has 1 aliphatic rings. The summed E-state index contributed by atoms with van der Waals surface area (Å²) in [4.78, 5) is 33.1. The van der Waals surface area contributed by atoms with Crippen LogP contribution in [0, 0.1) is 6.92 Å². The van der Waals surface area contributed by atoms with Crippen LogP contribution in [0.2, 0.25) is 5.02 Å². The van der Waals surface area contributed by atoms with Crippen LogP contribution >= 0.6 is 11.6 Å². The zero-order chi connectivity index (χ0) is 21.3. The van der Waals surface area contributed by atoms with E-state index in [2.05, 4.69) is 9.88 Å². The third kappa shape index (κ3) is 4.30. The monoisotopic (exact) mass is 422 g/mol. The lowest BCUT2D eigenvalue weighted by Gasteiger charge is -2.35. The summed E-state index contributed by atoms with van der Waals surface area (Å²) in [5.41, 5.74) is 9.10. The highest BCUT2D eigenvalue weighted by molar-refractivity contribution is 6.31. The maximum Gasteiger partial charge on any atom is 0.255 e. The first kappa shape index (κ1) is 20.3. The molecule has 3 aromatic rings. The lowest BCUT2D eigenvalue weighted by Crippen LogP contribution is -2.48. The molecule has 154 valence electrons. The van der Waals surface area contributed by atoms with Crippen LogP contribution in [0.15, 0.2) is 48.5 Å². The van der Waals surface area contributed by atoms with Crippen LogP contribution in [0.1, 0.15) is 32.0 Å². The predicted molar refractivity (Wildman–Crippen MR) is 118 cm³/mol. The highest BCUT2D eigenvalue weighted by atomic mass is 35.5. The van der Waals surface area contributed by atoms with E-state index in [1.165, 1.54) is 0 Å². The van der Waals surface area contributed by atoms with E-state index < -0.39 is 5.91 Å². The SMILES string of the molecule is Cc1nc2ccc(Cl)cc2cc1C(=O)N1CCN(Cc2ccc(C(N)=O)cc2)CC1. The van der Waals surface area contributed by atoms with Crippen LogP contribution in [0.5, 0.6) is 0 Å². The average molecular weight is 423 g/mol. The van der Waals surface area contributed by atoms with E-state index in [1.54, 1.807) is 18.2 Å². The van der Waals surface area contributed by atoms with E-state index in [0.717, 1.165) is 41.8 Å². The fraction of sp³-hybridized carbons (Fsp3) is 0.261. The molecule has 0 bridgehead atoms. The number of piperazine rings is 1. The number of aromatic nitrogens is 1. The normalized spacial score (nSPS) is 14.8. The van der Waals surface area contributed by atoms with Crippen LogP contribution in [0.4, 0.5) is 0 Å². The maximum atomic E-state index is 13.1. The zero-order valence-corrected chi connectivity index (χ0v) is 17.5. The Hall–Kier alpha value is -2.96. The molecule has 30 heavy (non-hydrogen) atoms. The van der Waals surface area contributed by atoms with Crippen molar-refractivity contribution in [1.29, 1.82) is 0 Å². The molecule has 0 radical (unpaired) electrons. The number of aryl methyl sites for hydroxylation is 1. The van der Waals surface area contributed by atoms with Gasteiger partial charge in [0.15, 0.2) is 0 Å². The van der Waals surface area contributed by atoms with Gasteiger partial charge in [-0.15, -0.1) is 0 Å². The lowest BCUT2D eigenvalue weighted by molar-refractivity contribution is 0.0627. The molecule has 7 heteroatoms. The van der Waals surface area contributed by atoms with E-state index in [4.69, 9.17) is 17.3 Å². The molecule has 0 aliphatic carbocycles. The summed E-state index contributed by atoms with van der Waals surface area (Å²) in [6, 6.07) is 14.7. The van der Waals surface area contributed by atoms with Gasteiger partial charge in [-0.3, -0.25) is 19.5 Å². The van der Waals surface area contributed by atoms with Crippen molar-refractivity contribution in [3.05, 3.63) is 75.9 Å². The molecule has 2 N–H and O–H groups in total. The Labute approximate surface area is 180 Å². The Balaban J connectivity index is 1.41. The molecule has 0 spiro atoms. The molecule has 4 rings (SSSR count). The Morgan fingerprint density at radius 2 is 1.73 bits per heavy atom. The van der Waals surface area contributed by atoms with Gasteiger partial charge < -0.3 is 10.6 Å². The molecular formula is C23H23ClN4O2. The molecule has 6 nitrogen and oxygen atoms in total. The van der Waals surface area contributed by atoms with E-state index in [1.807, 2.05) is 42.2 Å². The van der Waals surface area contributed by atoms with Gasteiger partial charge in [-0.2, -0.15) is 0 Å². The van der Waals surface area contributed by atoms with Crippen LogP contribution < -0.4 is 5.73 Å². The van der Waals surface area contributed by atoms with Crippen molar-refractivity contribution in [2.24, 2.45) is 5.73 Å². The molecular weight excluding hydrogens is 400 g/mol. The molecule has 0 unspecified atom stereocenters. The Morgan fingerprint density at radius 3 is 2.40 bits per heavy atom. The molecule has 1 aliphatic heterocycles. The average Bonchev–Trinajstić information content (AvgIpc) is 2.74. The molecule has 2 aromatic carbocycles. The van der Waals surface area contributed by atoms with E-state index >= 15 is 0 Å². The molecule has 1 fully saturated rings. The van der Waals surface area contributed by atoms with Gasteiger partial charge in [0.05, 0.1) is 16.8 Å². The highest BCUT2D eigenvalue weighted by Gasteiger charge is 2.24. The lowest BCUT2D eigenvalue weighted by atomic mass is 10.1. The molecule has 1 saturated heterocycles. The maximum absolute atomic E-state index is 13.1. The van der Waals surface area contributed by atoms with E-state index in [0.29, 0.717) is 29.2 Å². The van der Waals surface area contributed by atoms with Gasteiger partial charge >= 0.3 is 0 Å². The summed E-state index contributed by atoms with van der Waals surface area (Å²) in [7, 11) is 0. The van der Waals surface area contributed by atoms with E-state index in [9.17, 15) is 9.59 Å². The number of hydrogen-bond donors (Lipinski definition) is 1. The number of nitrogens with two attached hydrogens (primary N) is 1. The molecule has 0 saturated carbocycles. The molecule has 0 atom stereocenters. The standard InChI is InChI=1S/C23H23ClN4O2/c1-15-20(13-18-12-19(24)6-7-21(18)26-15)23(30)28-10-8-27(9-11-28)14-16-2-4-17(5-3-16)22(25)29/h2-7,12-13H,8-11,14H2,1H3,(H2,25,29). The van der Waals surface area contributed by atoms with Crippen LogP contribution in [-0.2, 0) is 6.54 Å². The summed E-state index contributed by atoms with van der Waals surface area (Å²) in [5.74, 6) is -0.415. The smallest absolute Gasteiger partial charge is 0.255 e. The first-order chi connectivity index (χ1) is 14.4. The molecule has 1 aromatic heterocycles. The van der Waals surface area contributed by atoms with Crippen molar-refractivity contribution >= 4 is 34.3 Å². The predicted octanol–water partition coefficient (Wildman–Crippen LogP) is 3.25. The second kappa shape index (κ2) is 8.42. The van der Waals surface area contributed by atoms with Crippen molar-refractivity contribution in [3.63, 3.8) is 0 Å². The number of nitrogens with zero attached hydrogens (tertiary/aromatic N) is 3. The van der Waals surface area contributed by atoms with Gasteiger partial charge in [0.1, 0.15) is 0 Å². The van der Waals surface area contributed by atoms with Gasteiger partial charge in [-0.25, -0.2) is 0 Å². The fourth-order valence-corrected chi connectivity index (χ4v) is 3.95. The van der Waals surface area contributed by atoms with Crippen molar-refractivity contribution in [3.8, 4) is 0 Å². The number of amides is 2. The number of hydrogen-bond acceptors (Lipinski definition) is 4. The second-order valence-electron chi connectivity index (χ2n) is 7.59. The Bertz CT molecular complexity index is 1110. The topological polar surface area (TPSA) is 79.5 Å². The number of rotatable bonds is 4.